The van der Waals surface area contributed by atoms with Crippen LogP contribution < -0.4 is 0 Å². The van der Waals surface area contributed by atoms with Gasteiger partial charge in [0.2, 0.25) is 0 Å². The second kappa shape index (κ2) is 11.4. The summed E-state index contributed by atoms with van der Waals surface area (Å²) in [7, 11) is 0. The summed E-state index contributed by atoms with van der Waals surface area (Å²) in [5.74, 6) is 1.86. The number of hydrogen-bond donors (Lipinski definition) is 0. The molecule has 7 aromatic rings. The number of pyridine rings is 2. The Kier molecular flexibility index (Phi) is 6.81. The molecular formula is C37H25N5. The summed E-state index contributed by atoms with van der Waals surface area (Å²) in [6, 6.07) is 43.3. The van der Waals surface area contributed by atoms with Crippen LogP contribution in [0.3, 0.4) is 0 Å². The summed E-state index contributed by atoms with van der Waals surface area (Å²) in [6.45, 7) is 0. The first-order valence-electron chi connectivity index (χ1n) is 13.7. The number of benzene rings is 4. The number of rotatable bonds is 6. The van der Waals surface area contributed by atoms with E-state index in [9.17, 15) is 0 Å². The van der Waals surface area contributed by atoms with Crippen LogP contribution in [0.4, 0.5) is 0 Å². The fourth-order valence-corrected chi connectivity index (χ4v) is 4.97. The van der Waals surface area contributed by atoms with Crippen molar-refractivity contribution in [2.24, 2.45) is 0 Å². The molecule has 0 spiro atoms. The minimum Gasteiger partial charge on any atom is -0.265 e. The lowest BCUT2D eigenvalue weighted by Crippen LogP contribution is -2.00. The monoisotopic (exact) mass is 539 g/mol. The van der Waals surface area contributed by atoms with Gasteiger partial charge < -0.3 is 0 Å². The Bertz CT molecular complexity index is 1860. The SMILES string of the molecule is c1ccc(-c2ccc(-c3nc(-c4cccc(-c5ccncc5)c4)nc(-c4cccc(-c5ccncc5)c4)n3)cc2)cc1. The van der Waals surface area contributed by atoms with Gasteiger partial charge in [0, 0.05) is 41.5 Å². The van der Waals surface area contributed by atoms with Crippen molar-refractivity contribution >= 4 is 0 Å². The average Bonchev–Trinajstić information content (AvgIpc) is 3.09. The molecule has 0 radical (unpaired) electrons. The molecule has 0 saturated carbocycles. The highest BCUT2D eigenvalue weighted by Crippen LogP contribution is 2.30. The molecule has 0 N–H and O–H groups in total. The lowest BCUT2D eigenvalue weighted by molar-refractivity contribution is 1.07. The van der Waals surface area contributed by atoms with Gasteiger partial charge in [-0.2, -0.15) is 0 Å². The maximum absolute atomic E-state index is 4.99. The van der Waals surface area contributed by atoms with Gasteiger partial charge in [-0.05, 0) is 69.8 Å². The van der Waals surface area contributed by atoms with Crippen molar-refractivity contribution in [2.45, 2.75) is 0 Å². The molecule has 0 saturated heterocycles. The summed E-state index contributed by atoms with van der Waals surface area (Å²) in [5, 5.41) is 0. The van der Waals surface area contributed by atoms with E-state index in [1.807, 2.05) is 66.7 Å². The van der Waals surface area contributed by atoms with Gasteiger partial charge in [-0.25, -0.2) is 15.0 Å². The minimum absolute atomic E-state index is 0.618. The van der Waals surface area contributed by atoms with Crippen molar-refractivity contribution in [2.75, 3.05) is 0 Å². The molecule has 42 heavy (non-hydrogen) atoms. The summed E-state index contributed by atoms with van der Waals surface area (Å²) >= 11 is 0. The maximum Gasteiger partial charge on any atom is 0.164 e. The number of aromatic nitrogens is 5. The van der Waals surface area contributed by atoms with E-state index < -0.39 is 0 Å². The molecule has 7 rings (SSSR count). The van der Waals surface area contributed by atoms with Gasteiger partial charge in [0.15, 0.2) is 17.5 Å². The molecule has 0 fully saturated rings. The molecule has 0 aliphatic heterocycles. The molecule has 4 aromatic carbocycles. The van der Waals surface area contributed by atoms with Crippen LogP contribution in [-0.4, -0.2) is 24.9 Å². The second-order valence-electron chi connectivity index (χ2n) is 9.88. The Morgan fingerprint density at radius 3 is 1.12 bits per heavy atom. The molecule has 0 bridgehead atoms. The van der Waals surface area contributed by atoms with Gasteiger partial charge in [-0.3, -0.25) is 9.97 Å². The molecule has 0 aliphatic carbocycles. The zero-order chi connectivity index (χ0) is 28.1. The molecule has 0 unspecified atom stereocenters. The minimum atomic E-state index is 0.618. The lowest BCUT2D eigenvalue weighted by Gasteiger charge is -2.11. The van der Waals surface area contributed by atoms with E-state index >= 15 is 0 Å². The molecule has 5 heteroatoms. The van der Waals surface area contributed by atoms with Crippen molar-refractivity contribution in [3.8, 4) is 67.5 Å². The third-order valence-corrected chi connectivity index (χ3v) is 7.15. The second-order valence-corrected chi connectivity index (χ2v) is 9.88. The first-order valence-corrected chi connectivity index (χ1v) is 13.7. The van der Waals surface area contributed by atoms with Gasteiger partial charge in [0.25, 0.3) is 0 Å². The van der Waals surface area contributed by atoms with Crippen LogP contribution in [0.15, 0.2) is 152 Å². The average molecular weight is 540 g/mol. The van der Waals surface area contributed by atoms with Crippen molar-refractivity contribution < 1.29 is 0 Å². The van der Waals surface area contributed by atoms with Crippen LogP contribution in [0.5, 0.6) is 0 Å². The highest BCUT2D eigenvalue weighted by atomic mass is 15.0. The van der Waals surface area contributed by atoms with Gasteiger partial charge in [0.1, 0.15) is 0 Å². The normalized spacial score (nSPS) is 10.9. The lowest BCUT2D eigenvalue weighted by atomic mass is 10.0. The molecule has 5 nitrogen and oxygen atoms in total. The van der Waals surface area contributed by atoms with E-state index in [2.05, 4.69) is 70.6 Å². The number of hydrogen-bond acceptors (Lipinski definition) is 5. The smallest absolute Gasteiger partial charge is 0.164 e. The molecule has 0 amide bonds. The summed E-state index contributed by atoms with van der Waals surface area (Å²) in [6.07, 6.45) is 7.21. The number of nitrogens with zero attached hydrogens (tertiary/aromatic N) is 5. The largest absolute Gasteiger partial charge is 0.265 e. The van der Waals surface area contributed by atoms with Crippen LogP contribution in [0, 0.1) is 0 Å². The molecule has 198 valence electrons. The zero-order valence-electron chi connectivity index (χ0n) is 22.7. The van der Waals surface area contributed by atoms with Crippen LogP contribution in [0.25, 0.3) is 67.5 Å². The van der Waals surface area contributed by atoms with E-state index in [4.69, 9.17) is 15.0 Å². The van der Waals surface area contributed by atoms with Crippen molar-refractivity contribution in [3.05, 3.63) is 152 Å². The Labute approximate surface area is 244 Å². The quantitative estimate of drug-likeness (QED) is 0.212. The highest BCUT2D eigenvalue weighted by Gasteiger charge is 2.14. The molecule has 3 heterocycles. The Hall–Kier alpha value is -5.81. The predicted molar refractivity (Wildman–Crippen MR) is 168 cm³/mol. The van der Waals surface area contributed by atoms with E-state index in [-0.39, 0.29) is 0 Å². The molecule has 0 atom stereocenters. The summed E-state index contributed by atoms with van der Waals surface area (Å²) in [4.78, 5) is 23.3. The van der Waals surface area contributed by atoms with E-state index in [1.54, 1.807) is 24.8 Å². The van der Waals surface area contributed by atoms with Gasteiger partial charge in [-0.1, -0.05) is 91.0 Å². The third-order valence-electron chi connectivity index (χ3n) is 7.15. The van der Waals surface area contributed by atoms with Crippen molar-refractivity contribution in [3.63, 3.8) is 0 Å². The first-order chi connectivity index (χ1) is 20.8. The summed E-state index contributed by atoms with van der Waals surface area (Å²) in [5.41, 5.74) is 9.39. The van der Waals surface area contributed by atoms with Crippen LogP contribution in [0.1, 0.15) is 0 Å². The predicted octanol–water partition coefficient (Wildman–Crippen LogP) is 8.66. The molecule has 0 aliphatic rings. The standard InChI is InChI=1S/C37H25N5/c1-2-6-26(7-3-1)27-12-14-30(15-13-27)35-40-36(33-10-4-8-31(24-33)28-16-20-38-21-17-28)42-37(41-35)34-11-5-9-32(25-34)29-18-22-39-23-19-29/h1-25H. The van der Waals surface area contributed by atoms with Crippen LogP contribution in [0.2, 0.25) is 0 Å². The van der Waals surface area contributed by atoms with Crippen LogP contribution in [-0.2, 0) is 0 Å². The summed E-state index contributed by atoms with van der Waals surface area (Å²) < 4.78 is 0. The first kappa shape index (κ1) is 25.2. The topological polar surface area (TPSA) is 64.5 Å². The maximum atomic E-state index is 4.99. The van der Waals surface area contributed by atoms with E-state index in [0.717, 1.165) is 44.5 Å². The zero-order valence-corrected chi connectivity index (χ0v) is 22.7. The molecule has 3 aromatic heterocycles. The van der Waals surface area contributed by atoms with E-state index in [0.29, 0.717) is 17.5 Å². The molecular weight excluding hydrogens is 514 g/mol. The van der Waals surface area contributed by atoms with E-state index in [1.165, 1.54) is 5.56 Å². The fourth-order valence-electron chi connectivity index (χ4n) is 4.97. The highest BCUT2D eigenvalue weighted by molar-refractivity contribution is 5.75. The van der Waals surface area contributed by atoms with Crippen molar-refractivity contribution in [1.82, 2.24) is 24.9 Å². The fraction of sp³-hybridized carbons (Fsp3) is 0. The van der Waals surface area contributed by atoms with Gasteiger partial charge in [-0.15, -0.1) is 0 Å². The van der Waals surface area contributed by atoms with Crippen LogP contribution >= 0.6 is 0 Å². The van der Waals surface area contributed by atoms with Gasteiger partial charge in [0.05, 0.1) is 0 Å². The van der Waals surface area contributed by atoms with Crippen molar-refractivity contribution in [1.29, 1.82) is 0 Å². The van der Waals surface area contributed by atoms with Gasteiger partial charge >= 0.3 is 0 Å². The Balaban J connectivity index is 1.35. The Morgan fingerprint density at radius 1 is 0.262 bits per heavy atom. The Morgan fingerprint density at radius 2 is 0.619 bits per heavy atom. The third kappa shape index (κ3) is 5.31.